The number of hydrogen-bond donors (Lipinski definition) is 1. The van der Waals surface area contributed by atoms with Crippen LogP contribution in [0.3, 0.4) is 0 Å². The van der Waals surface area contributed by atoms with Gasteiger partial charge in [0.15, 0.2) is 16.4 Å². The molecule has 0 aliphatic rings. The fraction of sp³-hybridized carbons (Fsp3) is 0.174. The Morgan fingerprint density at radius 2 is 1.78 bits per heavy atom. The summed E-state index contributed by atoms with van der Waals surface area (Å²) in [5, 5.41) is 8.90. The number of aryl methyl sites for hydroxylation is 1. The van der Waals surface area contributed by atoms with Crippen molar-refractivity contribution in [3.63, 3.8) is 0 Å². The number of aromatic nitrogens is 2. The van der Waals surface area contributed by atoms with Crippen molar-refractivity contribution in [3.05, 3.63) is 73.7 Å². The van der Waals surface area contributed by atoms with Gasteiger partial charge in [-0.2, -0.15) is 5.10 Å². The number of carbonyl (C=O) groups is 2. The van der Waals surface area contributed by atoms with Gasteiger partial charge in [0.2, 0.25) is 0 Å². The van der Waals surface area contributed by atoms with E-state index in [1.54, 1.807) is 28.9 Å². The van der Waals surface area contributed by atoms with Crippen LogP contribution in [0, 0.1) is 6.92 Å². The number of benzene rings is 2. The molecule has 8 nitrogen and oxygen atoms in total. The zero-order chi connectivity index (χ0) is 26.2. The topological polar surface area (TPSA) is 107 Å². The van der Waals surface area contributed by atoms with E-state index in [2.05, 4.69) is 10.4 Å². The van der Waals surface area contributed by atoms with Crippen LogP contribution in [0.2, 0.25) is 15.1 Å². The van der Waals surface area contributed by atoms with Crippen LogP contribution in [-0.4, -0.2) is 42.9 Å². The van der Waals surface area contributed by atoms with E-state index in [0.717, 1.165) is 16.5 Å². The fourth-order valence-electron chi connectivity index (χ4n) is 3.37. The number of fused-ring (bicyclic) bond motifs is 1. The van der Waals surface area contributed by atoms with Crippen molar-refractivity contribution in [2.75, 3.05) is 18.2 Å². The number of carbonyl (C=O) groups excluding carboxylic acids is 2. The molecule has 0 fully saturated rings. The van der Waals surface area contributed by atoms with Gasteiger partial charge in [0, 0.05) is 27.3 Å². The molecule has 4 rings (SSSR count). The normalized spacial score (nSPS) is 11.6. The van der Waals surface area contributed by atoms with Gasteiger partial charge in [0.25, 0.3) is 5.91 Å². The summed E-state index contributed by atoms with van der Waals surface area (Å²) in [5.74, 6) is -1.36. The first-order valence-electron chi connectivity index (χ1n) is 10.3. The molecule has 0 atom stereocenters. The number of halogens is 3. The fourth-order valence-corrected chi connectivity index (χ4v) is 5.76. The predicted molar refractivity (Wildman–Crippen MR) is 141 cm³/mol. The SMILES string of the molecule is Cc1nn(Cc2c(Cl)cccc2Cl)c2sc(C(=O)OCC(=O)Nc3cc(S(C)(=O)=O)ccc3Cl)cc12. The lowest BCUT2D eigenvalue weighted by Crippen LogP contribution is -2.21. The molecule has 2 aromatic carbocycles. The Labute approximate surface area is 225 Å². The summed E-state index contributed by atoms with van der Waals surface area (Å²) in [4.78, 5) is 26.0. The van der Waals surface area contributed by atoms with E-state index in [1.807, 2.05) is 6.92 Å². The minimum absolute atomic E-state index is 0.00744. The van der Waals surface area contributed by atoms with E-state index >= 15 is 0 Å². The maximum Gasteiger partial charge on any atom is 0.348 e. The Morgan fingerprint density at radius 1 is 1.08 bits per heavy atom. The van der Waals surface area contributed by atoms with Gasteiger partial charge in [-0.05, 0) is 43.3 Å². The molecule has 1 amide bonds. The maximum absolute atomic E-state index is 12.6. The summed E-state index contributed by atoms with van der Waals surface area (Å²) in [5.41, 5.74) is 1.51. The summed E-state index contributed by atoms with van der Waals surface area (Å²) in [6, 6.07) is 10.8. The standard InChI is InChI=1S/C23H18Cl3N3O5S2/c1-12-14-9-20(35-22(14)29(28-12)10-15-16(24)4-3-5-17(15)25)23(31)34-11-21(30)27-19-8-13(36(2,32)33)6-7-18(19)26/h3-9H,10-11H2,1-2H3,(H,27,30). The van der Waals surface area contributed by atoms with Crippen LogP contribution >= 0.6 is 46.1 Å². The summed E-state index contributed by atoms with van der Waals surface area (Å²) >= 11 is 19.8. The highest BCUT2D eigenvalue weighted by atomic mass is 35.5. The maximum atomic E-state index is 12.6. The Kier molecular flexibility index (Phi) is 7.63. The van der Waals surface area contributed by atoms with Gasteiger partial charge in [-0.3, -0.25) is 4.79 Å². The van der Waals surface area contributed by atoms with Crippen LogP contribution < -0.4 is 5.32 Å². The number of nitrogens with zero attached hydrogens (tertiary/aromatic N) is 2. The molecule has 0 unspecified atom stereocenters. The van der Waals surface area contributed by atoms with Crippen LogP contribution in [0.5, 0.6) is 0 Å². The van der Waals surface area contributed by atoms with Crippen LogP contribution in [0.1, 0.15) is 20.9 Å². The number of anilines is 1. The molecular weight excluding hydrogens is 569 g/mol. The number of nitrogens with one attached hydrogen (secondary N) is 1. The molecule has 0 saturated heterocycles. The van der Waals surface area contributed by atoms with Gasteiger partial charge in [-0.25, -0.2) is 17.9 Å². The van der Waals surface area contributed by atoms with Gasteiger partial charge in [-0.15, -0.1) is 11.3 Å². The van der Waals surface area contributed by atoms with Gasteiger partial charge in [0.1, 0.15) is 9.71 Å². The first-order valence-corrected chi connectivity index (χ1v) is 14.1. The van der Waals surface area contributed by atoms with Crippen LogP contribution in [0.25, 0.3) is 10.2 Å². The minimum atomic E-state index is -3.49. The molecule has 0 aliphatic heterocycles. The average molecular weight is 587 g/mol. The second kappa shape index (κ2) is 10.4. The summed E-state index contributed by atoms with van der Waals surface area (Å²) in [6.45, 7) is 1.54. The van der Waals surface area contributed by atoms with Gasteiger partial charge in [-0.1, -0.05) is 40.9 Å². The number of rotatable bonds is 7. The molecule has 13 heteroatoms. The van der Waals surface area contributed by atoms with Crippen molar-refractivity contribution >= 4 is 83.8 Å². The van der Waals surface area contributed by atoms with E-state index < -0.39 is 28.3 Å². The molecule has 2 aromatic heterocycles. The first kappa shape index (κ1) is 26.4. The number of sulfone groups is 1. The molecule has 1 N–H and O–H groups in total. The van der Waals surface area contributed by atoms with Crippen molar-refractivity contribution in [1.82, 2.24) is 9.78 Å². The quantitative estimate of drug-likeness (QED) is 0.282. The van der Waals surface area contributed by atoms with Gasteiger partial charge < -0.3 is 10.1 Å². The largest absolute Gasteiger partial charge is 0.451 e. The number of thiophene rings is 1. The highest BCUT2D eigenvalue weighted by molar-refractivity contribution is 7.90. The first-order chi connectivity index (χ1) is 16.9. The summed E-state index contributed by atoms with van der Waals surface area (Å²) < 4.78 is 30.4. The summed E-state index contributed by atoms with van der Waals surface area (Å²) in [7, 11) is -3.49. The van der Waals surface area contributed by atoms with Gasteiger partial charge >= 0.3 is 5.97 Å². The lowest BCUT2D eigenvalue weighted by Gasteiger charge is -2.09. The van der Waals surface area contributed by atoms with E-state index in [-0.39, 0.29) is 20.5 Å². The number of ether oxygens (including phenoxy) is 1. The zero-order valence-electron chi connectivity index (χ0n) is 18.8. The Morgan fingerprint density at radius 3 is 2.44 bits per heavy atom. The Bertz CT molecular complexity index is 1590. The van der Waals surface area contributed by atoms with E-state index in [1.165, 1.54) is 29.5 Å². The van der Waals surface area contributed by atoms with Crippen molar-refractivity contribution < 1.29 is 22.7 Å². The van der Waals surface area contributed by atoms with Crippen LogP contribution in [0.15, 0.2) is 47.4 Å². The van der Waals surface area contributed by atoms with E-state index in [0.29, 0.717) is 27.8 Å². The third-order valence-electron chi connectivity index (χ3n) is 5.15. The minimum Gasteiger partial charge on any atom is -0.451 e. The highest BCUT2D eigenvalue weighted by Gasteiger charge is 2.20. The Hall–Kier alpha value is -2.63. The molecule has 0 saturated carbocycles. The molecule has 0 aliphatic carbocycles. The van der Waals surface area contributed by atoms with Crippen molar-refractivity contribution in [2.45, 2.75) is 18.4 Å². The van der Waals surface area contributed by atoms with Crippen molar-refractivity contribution in [3.8, 4) is 0 Å². The second-order valence-electron chi connectivity index (χ2n) is 7.81. The molecule has 0 spiro atoms. The number of amides is 1. The lowest BCUT2D eigenvalue weighted by molar-refractivity contribution is -0.119. The lowest BCUT2D eigenvalue weighted by atomic mass is 10.2. The van der Waals surface area contributed by atoms with Crippen molar-refractivity contribution in [2.24, 2.45) is 0 Å². The third kappa shape index (κ3) is 5.68. The molecule has 2 heterocycles. The van der Waals surface area contributed by atoms with E-state index in [9.17, 15) is 18.0 Å². The molecule has 4 aromatic rings. The second-order valence-corrected chi connectivity index (χ2v) is 12.1. The number of esters is 1. The van der Waals surface area contributed by atoms with Crippen LogP contribution in [-0.2, 0) is 25.9 Å². The highest BCUT2D eigenvalue weighted by Crippen LogP contribution is 2.32. The monoisotopic (exact) mass is 585 g/mol. The molecular formula is C23H18Cl3N3O5S2. The molecule has 188 valence electrons. The number of hydrogen-bond acceptors (Lipinski definition) is 7. The molecule has 36 heavy (non-hydrogen) atoms. The third-order valence-corrected chi connectivity index (χ3v) is 8.43. The van der Waals surface area contributed by atoms with Crippen molar-refractivity contribution in [1.29, 1.82) is 0 Å². The van der Waals surface area contributed by atoms with Gasteiger partial charge in [0.05, 0.1) is 27.8 Å². The summed E-state index contributed by atoms with van der Waals surface area (Å²) in [6.07, 6.45) is 1.04. The van der Waals surface area contributed by atoms with Crippen LogP contribution in [0.4, 0.5) is 5.69 Å². The smallest absolute Gasteiger partial charge is 0.348 e. The molecule has 0 bridgehead atoms. The average Bonchev–Trinajstić information content (AvgIpc) is 3.36. The Balaban J connectivity index is 1.47. The predicted octanol–water partition coefficient (Wildman–Crippen LogP) is 5.61. The van der Waals surface area contributed by atoms with E-state index in [4.69, 9.17) is 39.5 Å². The molecule has 0 radical (unpaired) electrons. The zero-order valence-corrected chi connectivity index (χ0v) is 22.7.